The standard InChI is InChI=1S/C28H33IN8S/c1-6-36(16-15-34(3)4)25-12-11-19(17-23(25)30-2)31-28-32-26(21-13-14-37(38-29)27(21)33-28)22-18-35(5)24-10-8-7-9-20(22)24/h7-14,17-18,30H,6,15-16H2,1-5H3,(H,31,32,33). The molecule has 0 aliphatic rings. The minimum atomic E-state index is 0.570. The van der Waals surface area contributed by atoms with Crippen molar-refractivity contribution < 1.29 is 0 Å². The predicted molar refractivity (Wildman–Crippen MR) is 172 cm³/mol. The van der Waals surface area contributed by atoms with Crippen LogP contribution in [0.15, 0.2) is 60.9 Å². The third kappa shape index (κ3) is 5.16. The lowest BCUT2D eigenvalue weighted by Gasteiger charge is -2.27. The Morgan fingerprint density at radius 1 is 1.03 bits per heavy atom. The van der Waals surface area contributed by atoms with Gasteiger partial charge in [0.25, 0.3) is 0 Å². The molecule has 2 aromatic carbocycles. The summed E-state index contributed by atoms with van der Waals surface area (Å²) in [5.74, 6) is 0.570. The Kier molecular flexibility index (Phi) is 8.01. The molecular weight excluding hydrogens is 607 g/mol. The summed E-state index contributed by atoms with van der Waals surface area (Å²) in [6, 6.07) is 16.9. The van der Waals surface area contributed by atoms with Crippen LogP contribution in [0, 0.1) is 0 Å². The molecule has 0 bridgehead atoms. The Labute approximate surface area is 240 Å². The van der Waals surface area contributed by atoms with Gasteiger partial charge in [0.1, 0.15) is 0 Å². The number of hydrogen-bond donors (Lipinski definition) is 2. The maximum atomic E-state index is 5.06. The molecule has 0 amide bonds. The van der Waals surface area contributed by atoms with Crippen molar-refractivity contribution in [2.75, 3.05) is 56.3 Å². The Morgan fingerprint density at radius 2 is 1.84 bits per heavy atom. The summed E-state index contributed by atoms with van der Waals surface area (Å²) in [6.07, 6.45) is 4.21. The number of likely N-dealkylation sites (N-methyl/N-ethyl adjacent to an activating group) is 2. The summed E-state index contributed by atoms with van der Waals surface area (Å²) in [6.45, 7) is 5.09. The molecule has 0 aliphatic carbocycles. The first-order valence-electron chi connectivity index (χ1n) is 12.6. The zero-order chi connectivity index (χ0) is 26.8. The van der Waals surface area contributed by atoms with Crippen molar-refractivity contribution in [2.24, 2.45) is 7.05 Å². The van der Waals surface area contributed by atoms with Crippen molar-refractivity contribution in [3.8, 4) is 11.3 Å². The summed E-state index contributed by atoms with van der Waals surface area (Å²) < 4.78 is 4.23. The fourth-order valence-electron chi connectivity index (χ4n) is 4.83. The summed E-state index contributed by atoms with van der Waals surface area (Å²) in [5.41, 5.74) is 7.27. The van der Waals surface area contributed by atoms with Gasteiger partial charge in [0, 0.05) is 104 Å². The van der Waals surface area contributed by atoms with Gasteiger partial charge < -0.3 is 25.0 Å². The van der Waals surface area contributed by atoms with Gasteiger partial charge >= 0.3 is 0 Å². The average molecular weight is 641 g/mol. The second-order valence-corrected chi connectivity index (χ2v) is 11.2. The molecule has 8 nitrogen and oxygen atoms in total. The maximum Gasteiger partial charge on any atom is 0.229 e. The number of rotatable bonds is 10. The number of benzene rings is 2. The van der Waals surface area contributed by atoms with Gasteiger partial charge in [-0.25, -0.2) is 4.98 Å². The van der Waals surface area contributed by atoms with E-state index in [1.807, 2.05) is 7.05 Å². The van der Waals surface area contributed by atoms with Crippen LogP contribution in [0.4, 0.5) is 23.0 Å². The number of halogens is 1. The van der Waals surface area contributed by atoms with E-state index in [-0.39, 0.29) is 0 Å². The van der Waals surface area contributed by atoms with Crippen LogP contribution in [0.2, 0.25) is 0 Å². The fraction of sp³-hybridized carbons (Fsp3) is 0.286. The quantitative estimate of drug-likeness (QED) is 0.167. The molecule has 3 heterocycles. The highest BCUT2D eigenvalue weighted by Crippen LogP contribution is 2.37. The fourth-order valence-corrected chi connectivity index (χ4v) is 6.09. The van der Waals surface area contributed by atoms with Gasteiger partial charge in [0.05, 0.1) is 17.1 Å². The number of aromatic nitrogens is 4. The van der Waals surface area contributed by atoms with Crippen LogP contribution in [0.5, 0.6) is 0 Å². The van der Waals surface area contributed by atoms with E-state index in [4.69, 9.17) is 9.97 Å². The predicted octanol–water partition coefficient (Wildman–Crippen LogP) is 6.61. The Bertz CT molecular complexity index is 1570. The molecule has 0 radical (unpaired) electrons. The number of para-hydroxylation sites is 1. The van der Waals surface area contributed by atoms with Crippen LogP contribution < -0.4 is 15.5 Å². The summed E-state index contributed by atoms with van der Waals surface area (Å²) in [7, 11) is 9.86. The van der Waals surface area contributed by atoms with Crippen molar-refractivity contribution in [3.63, 3.8) is 0 Å². The lowest BCUT2D eigenvalue weighted by Crippen LogP contribution is -2.32. The number of aryl methyl sites for hydroxylation is 1. The lowest BCUT2D eigenvalue weighted by atomic mass is 10.1. The van der Waals surface area contributed by atoms with Crippen LogP contribution in [0.3, 0.4) is 0 Å². The van der Waals surface area contributed by atoms with Gasteiger partial charge in [-0.2, -0.15) is 4.98 Å². The van der Waals surface area contributed by atoms with Crippen molar-refractivity contribution in [1.82, 2.24) is 23.4 Å². The minimum Gasteiger partial charge on any atom is -0.386 e. The van der Waals surface area contributed by atoms with Gasteiger partial charge in [0.15, 0.2) is 5.65 Å². The second kappa shape index (κ2) is 11.4. The van der Waals surface area contributed by atoms with Crippen LogP contribution in [-0.2, 0) is 7.05 Å². The van der Waals surface area contributed by atoms with E-state index < -0.39 is 0 Å². The van der Waals surface area contributed by atoms with Gasteiger partial charge in [-0.3, -0.25) is 3.97 Å². The van der Waals surface area contributed by atoms with Crippen LogP contribution >= 0.6 is 30.3 Å². The minimum absolute atomic E-state index is 0.570. The molecule has 5 rings (SSSR count). The molecule has 5 aromatic rings. The van der Waals surface area contributed by atoms with Crippen LogP contribution in [0.1, 0.15) is 6.92 Å². The van der Waals surface area contributed by atoms with E-state index in [1.54, 1.807) is 9.12 Å². The molecule has 0 unspecified atom stereocenters. The first kappa shape index (κ1) is 26.6. The topological polar surface area (TPSA) is 66.2 Å². The molecule has 0 spiro atoms. The van der Waals surface area contributed by atoms with Crippen LogP contribution in [0.25, 0.3) is 33.2 Å². The number of hydrogen-bond acceptors (Lipinski definition) is 7. The molecule has 0 atom stereocenters. The lowest BCUT2D eigenvalue weighted by molar-refractivity contribution is 0.414. The Balaban J connectivity index is 1.56. The molecule has 3 aromatic heterocycles. The SMILES string of the molecule is CCN(CCN(C)C)c1ccc(Nc2nc(-c3cn(C)c4ccccc34)c3ccn(SI)c3n2)cc1NC. The average Bonchev–Trinajstić information content (AvgIpc) is 3.49. The molecular formula is C28H33IN8S. The number of nitrogens with zero attached hydrogens (tertiary/aromatic N) is 6. The summed E-state index contributed by atoms with van der Waals surface area (Å²) >= 11 is 2.29. The van der Waals surface area contributed by atoms with E-state index in [9.17, 15) is 0 Å². The highest BCUT2D eigenvalue weighted by molar-refractivity contribution is 14.2. The van der Waals surface area contributed by atoms with E-state index >= 15 is 0 Å². The molecule has 0 fully saturated rings. The van der Waals surface area contributed by atoms with Gasteiger partial charge in [-0.15, -0.1) is 0 Å². The van der Waals surface area contributed by atoms with Crippen molar-refractivity contribution >= 4 is 75.3 Å². The molecule has 10 heteroatoms. The largest absolute Gasteiger partial charge is 0.386 e. The highest BCUT2D eigenvalue weighted by Gasteiger charge is 2.18. The van der Waals surface area contributed by atoms with E-state index in [0.717, 1.165) is 53.3 Å². The monoisotopic (exact) mass is 640 g/mol. The maximum absolute atomic E-state index is 5.06. The van der Waals surface area contributed by atoms with Gasteiger partial charge in [-0.1, -0.05) is 18.2 Å². The second-order valence-electron chi connectivity index (χ2n) is 9.50. The zero-order valence-corrected chi connectivity index (χ0v) is 25.3. The first-order chi connectivity index (χ1) is 18.4. The van der Waals surface area contributed by atoms with E-state index in [2.05, 4.69) is 139 Å². The molecule has 198 valence electrons. The van der Waals surface area contributed by atoms with E-state index in [0.29, 0.717) is 5.95 Å². The van der Waals surface area contributed by atoms with Crippen molar-refractivity contribution in [1.29, 1.82) is 0 Å². The molecule has 38 heavy (non-hydrogen) atoms. The number of nitrogens with one attached hydrogen (secondary N) is 2. The normalized spacial score (nSPS) is 11.6. The molecule has 0 saturated heterocycles. The molecule has 2 N–H and O–H groups in total. The smallest absolute Gasteiger partial charge is 0.229 e. The van der Waals surface area contributed by atoms with E-state index in [1.165, 1.54) is 16.6 Å². The van der Waals surface area contributed by atoms with Crippen molar-refractivity contribution in [3.05, 3.63) is 60.9 Å². The molecule has 0 aliphatic heterocycles. The van der Waals surface area contributed by atoms with Crippen LogP contribution in [-0.4, -0.2) is 64.2 Å². The Hall–Kier alpha value is -2.96. The van der Waals surface area contributed by atoms with Gasteiger partial charge in [0.2, 0.25) is 5.95 Å². The number of anilines is 4. The third-order valence-corrected chi connectivity index (χ3v) is 8.52. The van der Waals surface area contributed by atoms with Crippen molar-refractivity contribution in [2.45, 2.75) is 6.92 Å². The first-order valence-corrected chi connectivity index (χ1v) is 16.0. The Morgan fingerprint density at radius 3 is 2.58 bits per heavy atom. The number of fused-ring (bicyclic) bond motifs is 2. The summed E-state index contributed by atoms with van der Waals surface area (Å²) in [5, 5.41) is 9.08. The summed E-state index contributed by atoms with van der Waals surface area (Å²) in [4.78, 5) is 14.6. The molecule has 0 saturated carbocycles. The third-order valence-electron chi connectivity index (χ3n) is 6.80. The highest BCUT2D eigenvalue weighted by atomic mass is 127. The zero-order valence-electron chi connectivity index (χ0n) is 22.4. The van der Waals surface area contributed by atoms with Gasteiger partial charge in [-0.05, 0) is 51.4 Å².